The molecule has 3 nitrogen and oxygen atoms in total. The maximum absolute atomic E-state index is 14.1. The third-order valence-corrected chi connectivity index (χ3v) is 9.68. The van der Waals surface area contributed by atoms with Gasteiger partial charge in [-0.1, -0.05) is 49.9 Å². The molecular formula is C25H38O3Si. The zero-order chi connectivity index (χ0) is 22.0. The van der Waals surface area contributed by atoms with Crippen molar-refractivity contribution in [3.05, 3.63) is 34.3 Å². The molecule has 0 aliphatic heterocycles. The summed E-state index contributed by atoms with van der Waals surface area (Å²) in [4.78, 5) is 28.1. The molecule has 0 aromatic rings. The summed E-state index contributed by atoms with van der Waals surface area (Å²) in [5, 5.41) is 0.884. The van der Waals surface area contributed by atoms with Crippen molar-refractivity contribution in [1.82, 2.24) is 0 Å². The van der Waals surface area contributed by atoms with E-state index in [0.29, 0.717) is 12.2 Å². The first kappa shape index (κ1) is 22.3. The molecular weight excluding hydrogens is 376 g/mol. The van der Waals surface area contributed by atoms with Gasteiger partial charge in [-0.3, -0.25) is 9.59 Å². The van der Waals surface area contributed by atoms with E-state index in [1.54, 1.807) is 7.11 Å². The molecule has 4 atom stereocenters. The van der Waals surface area contributed by atoms with Gasteiger partial charge in [0.2, 0.25) is 0 Å². The van der Waals surface area contributed by atoms with Crippen molar-refractivity contribution in [1.29, 1.82) is 0 Å². The molecule has 0 radical (unpaired) electrons. The Balaban J connectivity index is 2.16. The summed E-state index contributed by atoms with van der Waals surface area (Å²) in [6.45, 7) is 17.2. The van der Waals surface area contributed by atoms with E-state index < -0.39 is 18.9 Å². The van der Waals surface area contributed by atoms with Crippen molar-refractivity contribution in [2.24, 2.45) is 22.2 Å². The van der Waals surface area contributed by atoms with Crippen molar-refractivity contribution >= 4 is 19.6 Å². The molecule has 4 unspecified atom stereocenters. The number of allylic oxidation sites excluding steroid dienone is 6. The maximum Gasteiger partial charge on any atom is 0.172 e. The molecule has 0 saturated heterocycles. The summed E-state index contributed by atoms with van der Waals surface area (Å²) in [6.07, 6.45) is 7.64. The van der Waals surface area contributed by atoms with Crippen LogP contribution in [0.4, 0.5) is 0 Å². The normalized spacial score (nSPS) is 35.4. The van der Waals surface area contributed by atoms with Crippen LogP contribution in [0.5, 0.6) is 0 Å². The standard InChI is InChI=1S/C25H38O3Si/c1-16(2)11-10-13-23(5)18-15-24(14-12-17(3)4)21(28-6)19(29(7,8)9)20(26)25(18,23)22(24)27/h11-12,18H,10,13-15H2,1-9H3. The fraction of sp³-hybridized carbons (Fsp3) is 0.680. The Morgan fingerprint density at radius 3 is 2.17 bits per heavy atom. The number of carbonyl (C=O) groups excluding carboxylic acids is 2. The average molecular weight is 415 g/mol. The molecule has 3 aliphatic rings. The van der Waals surface area contributed by atoms with Gasteiger partial charge in [0.25, 0.3) is 0 Å². The minimum Gasteiger partial charge on any atom is -0.500 e. The number of rotatable bonds is 7. The van der Waals surface area contributed by atoms with Crippen LogP contribution in [-0.2, 0) is 14.3 Å². The van der Waals surface area contributed by atoms with E-state index in [9.17, 15) is 9.59 Å². The number of carbonyl (C=O) groups is 2. The fourth-order valence-electron chi connectivity index (χ4n) is 6.31. The Labute approximate surface area is 177 Å². The zero-order valence-corrected chi connectivity index (χ0v) is 20.8. The fourth-order valence-corrected chi connectivity index (χ4v) is 8.21. The van der Waals surface area contributed by atoms with Crippen molar-refractivity contribution in [2.45, 2.75) is 79.9 Å². The topological polar surface area (TPSA) is 43.4 Å². The monoisotopic (exact) mass is 414 g/mol. The summed E-state index contributed by atoms with van der Waals surface area (Å²) >= 11 is 0. The molecule has 29 heavy (non-hydrogen) atoms. The van der Waals surface area contributed by atoms with Gasteiger partial charge in [0.1, 0.15) is 11.2 Å². The Morgan fingerprint density at radius 1 is 1.10 bits per heavy atom. The zero-order valence-electron chi connectivity index (χ0n) is 19.8. The van der Waals surface area contributed by atoms with Gasteiger partial charge in [-0.25, -0.2) is 0 Å². The lowest BCUT2D eigenvalue weighted by molar-refractivity contribution is -0.141. The molecule has 2 saturated carbocycles. The van der Waals surface area contributed by atoms with Gasteiger partial charge in [0.15, 0.2) is 11.6 Å². The van der Waals surface area contributed by atoms with Crippen LogP contribution >= 0.6 is 0 Å². The van der Waals surface area contributed by atoms with Crippen LogP contribution in [0, 0.1) is 22.2 Å². The van der Waals surface area contributed by atoms with E-state index in [1.165, 1.54) is 11.1 Å². The predicted molar refractivity (Wildman–Crippen MR) is 121 cm³/mol. The van der Waals surface area contributed by atoms with Crippen LogP contribution in [-0.4, -0.2) is 26.8 Å². The Morgan fingerprint density at radius 2 is 1.69 bits per heavy atom. The van der Waals surface area contributed by atoms with Crippen molar-refractivity contribution in [3.63, 3.8) is 0 Å². The third kappa shape index (κ3) is 2.81. The summed E-state index contributed by atoms with van der Waals surface area (Å²) in [5.74, 6) is 1.10. The van der Waals surface area contributed by atoms with Gasteiger partial charge in [-0.2, -0.15) is 0 Å². The molecule has 0 aromatic carbocycles. The Kier molecular flexibility index (Phi) is 5.22. The second-order valence-electron chi connectivity index (χ2n) is 11.2. The van der Waals surface area contributed by atoms with Gasteiger partial charge in [0.05, 0.1) is 20.6 Å². The molecule has 0 N–H and O–H groups in total. The largest absolute Gasteiger partial charge is 0.500 e. The lowest BCUT2D eigenvalue weighted by atomic mass is 9.65. The smallest absolute Gasteiger partial charge is 0.172 e. The SMILES string of the molecule is COC1=C([Si](C)(C)C)C(=O)C23C(=O)C1(CC=C(C)C)CC2C3(C)CCC=C(C)C. The van der Waals surface area contributed by atoms with E-state index in [0.717, 1.165) is 24.5 Å². The number of Topliss-reactive ketones (excluding diaryl/α,β-unsaturated/α-hetero) is 2. The molecule has 3 rings (SSSR count). The molecule has 3 aliphatic carbocycles. The minimum atomic E-state index is -1.99. The molecule has 160 valence electrons. The highest BCUT2D eigenvalue weighted by molar-refractivity contribution is 6.88. The van der Waals surface area contributed by atoms with Gasteiger partial charge in [-0.05, 0) is 64.7 Å². The molecule has 0 heterocycles. The summed E-state index contributed by atoms with van der Waals surface area (Å²) < 4.78 is 5.92. The van der Waals surface area contributed by atoms with Crippen LogP contribution in [0.15, 0.2) is 34.3 Å². The number of methoxy groups -OCH3 is 1. The Hall–Kier alpha value is -1.42. The lowest BCUT2D eigenvalue weighted by Gasteiger charge is -2.42. The van der Waals surface area contributed by atoms with E-state index in [-0.39, 0.29) is 22.9 Å². The Bertz CT molecular complexity index is 848. The van der Waals surface area contributed by atoms with Crippen LogP contribution in [0.25, 0.3) is 0 Å². The minimum absolute atomic E-state index is 0.105. The highest BCUT2D eigenvalue weighted by atomic mass is 28.3. The average Bonchev–Trinajstić information content (AvgIpc) is 3.00. The first-order valence-electron chi connectivity index (χ1n) is 11.0. The van der Waals surface area contributed by atoms with Gasteiger partial charge < -0.3 is 4.74 Å². The number of ether oxygens (including phenoxy) is 1. The van der Waals surface area contributed by atoms with Crippen molar-refractivity contribution in [2.75, 3.05) is 7.11 Å². The number of ketones is 2. The van der Waals surface area contributed by atoms with Gasteiger partial charge in [0, 0.05) is 5.20 Å². The highest BCUT2D eigenvalue weighted by Gasteiger charge is 2.89. The summed E-state index contributed by atoms with van der Waals surface area (Å²) in [6, 6.07) is 0. The predicted octanol–water partition coefficient (Wildman–Crippen LogP) is 6.03. The first-order valence-corrected chi connectivity index (χ1v) is 14.5. The van der Waals surface area contributed by atoms with E-state index in [2.05, 4.69) is 66.4 Å². The number of fused-ring (bicyclic) bond motifs is 1. The van der Waals surface area contributed by atoms with Crippen LogP contribution in [0.2, 0.25) is 19.6 Å². The van der Waals surface area contributed by atoms with Crippen molar-refractivity contribution < 1.29 is 14.3 Å². The van der Waals surface area contributed by atoms with E-state index in [4.69, 9.17) is 4.74 Å². The maximum atomic E-state index is 14.1. The van der Waals surface area contributed by atoms with E-state index in [1.807, 2.05) is 0 Å². The second-order valence-corrected chi connectivity index (χ2v) is 16.2. The second kappa shape index (κ2) is 6.80. The quantitative estimate of drug-likeness (QED) is 0.290. The van der Waals surface area contributed by atoms with Gasteiger partial charge >= 0.3 is 0 Å². The van der Waals surface area contributed by atoms with Crippen LogP contribution < -0.4 is 0 Å². The lowest BCUT2D eigenvalue weighted by Crippen LogP contribution is -2.51. The summed E-state index contributed by atoms with van der Waals surface area (Å²) in [5.41, 5.74) is 0.827. The molecule has 0 amide bonds. The first-order chi connectivity index (χ1) is 13.3. The van der Waals surface area contributed by atoms with Crippen LogP contribution in [0.3, 0.4) is 0 Å². The number of hydrogen-bond acceptors (Lipinski definition) is 3. The number of hydrogen-bond donors (Lipinski definition) is 0. The molecule has 0 aromatic heterocycles. The highest BCUT2D eigenvalue weighted by Crippen LogP contribution is 2.84. The van der Waals surface area contributed by atoms with E-state index >= 15 is 0 Å². The van der Waals surface area contributed by atoms with Crippen molar-refractivity contribution in [3.8, 4) is 0 Å². The third-order valence-electron chi connectivity index (χ3n) is 7.73. The molecule has 1 spiro atoms. The summed E-state index contributed by atoms with van der Waals surface area (Å²) in [7, 11) is -0.343. The van der Waals surface area contributed by atoms with Crippen LogP contribution in [0.1, 0.15) is 60.3 Å². The molecule has 2 bridgehead atoms. The molecule has 4 heteroatoms. The molecule has 2 fully saturated rings. The van der Waals surface area contributed by atoms with Gasteiger partial charge in [-0.15, -0.1) is 0 Å².